The lowest BCUT2D eigenvalue weighted by molar-refractivity contribution is -0.136. The number of hydrogen-bond donors (Lipinski definition) is 2. The summed E-state index contributed by atoms with van der Waals surface area (Å²) in [7, 11) is 0. The van der Waals surface area contributed by atoms with Crippen LogP contribution in [0.4, 0.5) is 0 Å². The Balaban J connectivity index is 1.27. The van der Waals surface area contributed by atoms with Crippen molar-refractivity contribution >= 4 is 5.97 Å². The van der Waals surface area contributed by atoms with Gasteiger partial charge in [0.2, 0.25) is 0 Å². The third-order valence-electron chi connectivity index (χ3n) is 6.06. The van der Waals surface area contributed by atoms with E-state index < -0.39 is 5.97 Å². The predicted molar refractivity (Wildman–Crippen MR) is 140 cm³/mol. The Morgan fingerprint density at radius 1 is 0.714 bits per heavy atom. The summed E-state index contributed by atoms with van der Waals surface area (Å²) in [5.41, 5.74) is 5.96. The molecule has 0 saturated carbocycles. The molecule has 4 aromatic carbocycles. The summed E-state index contributed by atoms with van der Waals surface area (Å²) in [6.07, 6.45) is 0.670. The van der Waals surface area contributed by atoms with Crippen molar-refractivity contribution < 1.29 is 14.6 Å². The minimum atomic E-state index is -0.781. The lowest BCUT2D eigenvalue weighted by Gasteiger charge is -2.19. The van der Waals surface area contributed by atoms with Crippen LogP contribution in [0, 0.1) is 0 Å². The fourth-order valence-electron chi connectivity index (χ4n) is 4.08. The van der Waals surface area contributed by atoms with Gasteiger partial charge in [0.1, 0.15) is 12.4 Å². The van der Waals surface area contributed by atoms with Gasteiger partial charge in [0.05, 0.1) is 0 Å². The van der Waals surface area contributed by atoms with Crippen LogP contribution in [0.5, 0.6) is 5.75 Å². The second-order valence-corrected chi connectivity index (χ2v) is 8.65. The van der Waals surface area contributed by atoms with Crippen LogP contribution in [-0.4, -0.2) is 17.6 Å². The van der Waals surface area contributed by atoms with Gasteiger partial charge in [-0.15, -0.1) is 0 Å². The highest BCUT2D eigenvalue weighted by Crippen LogP contribution is 2.24. The van der Waals surface area contributed by atoms with Crippen molar-refractivity contribution in [3.63, 3.8) is 0 Å². The summed E-state index contributed by atoms with van der Waals surface area (Å²) in [5.74, 6) is 0.305. The number of aliphatic carboxylic acids is 1. The zero-order valence-electron chi connectivity index (χ0n) is 19.8. The molecule has 0 spiro atoms. The number of carboxylic acid groups (broad SMARTS) is 1. The van der Waals surface area contributed by atoms with Crippen LogP contribution in [0.3, 0.4) is 0 Å². The van der Waals surface area contributed by atoms with Crippen LogP contribution in [0.15, 0.2) is 109 Å². The minimum Gasteiger partial charge on any atom is -0.489 e. The Morgan fingerprint density at radius 2 is 1.26 bits per heavy atom. The molecule has 0 aliphatic heterocycles. The molecular weight excluding hydrogens is 434 g/mol. The van der Waals surface area contributed by atoms with Gasteiger partial charge >= 0.3 is 5.97 Å². The summed E-state index contributed by atoms with van der Waals surface area (Å²) in [4.78, 5) is 10.7. The number of nitrogens with one attached hydrogen (secondary N) is 1. The molecule has 0 amide bonds. The number of benzene rings is 4. The molecule has 0 unspecified atom stereocenters. The quantitative estimate of drug-likeness (QED) is 0.261. The second kappa shape index (κ2) is 12.5. The molecule has 178 valence electrons. The zero-order valence-corrected chi connectivity index (χ0v) is 19.8. The van der Waals surface area contributed by atoms with Gasteiger partial charge in [-0.1, -0.05) is 97.1 Å². The maximum atomic E-state index is 10.7. The monoisotopic (exact) mass is 465 g/mol. The van der Waals surface area contributed by atoms with E-state index in [0.717, 1.165) is 30.0 Å². The van der Waals surface area contributed by atoms with E-state index in [2.05, 4.69) is 90.2 Å². The highest BCUT2D eigenvalue weighted by Gasteiger charge is 2.13. The van der Waals surface area contributed by atoms with E-state index in [9.17, 15) is 4.79 Å². The zero-order chi connectivity index (χ0) is 24.3. The van der Waals surface area contributed by atoms with E-state index in [0.29, 0.717) is 18.9 Å². The van der Waals surface area contributed by atoms with E-state index in [-0.39, 0.29) is 6.42 Å². The summed E-state index contributed by atoms with van der Waals surface area (Å²) in [5, 5.41) is 12.4. The van der Waals surface area contributed by atoms with Crippen molar-refractivity contribution in [1.29, 1.82) is 0 Å². The van der Waals surface area contributed by atoms with Crippen LogP contribution in [-0.2, 0) is 24.4 Å². The standard InChI is InChI=1S/C31H31NO3/c33-31(34)20-17-24-15-18-29(19-16-24)35-23-26-13-11-25(12-14-26)21-32-22-30(27-7-3-1-4-8-27)28-9-5-2-6-10-28/h1-16,18-19,30,32H,17,20-23H2,(H,33,34). The minimum absolute atomic E-state index is 0.139. The van der Waals surface area contributed by atoms with Gasteiger partial charge in [0.15, 0.2) is 0 Å². The summed E-state index contributed by atoms with van der Waals surface area (Å²) in [6.45, 7) is 2.16. The molecule has 35 heavy (non-hydrogen) atoms. The first-order chi connectivity index (χ1) is 17.2. The molecule has 0 aliphatic rings. The lowest BCUT2D eigenvalue weighted by Crippen LogP contribution is -2.22. The largest absolute Gasteiger partial charge is 0.489 e. The number of hydrogen-bond acceptors (Lipinski definition) is 3. The third-order valence-corrected chi connectivity index (χ3v) is 6.06. The highest BCUT2D eigenvalue weighted by molar-refractivity contribution is 5.67. The van der Waals surface area contributed by atoms with E-state index in [4.69, 9.17) is 9.84 Å². The van der Waals surface area contributed by atoms with Crippen molar-refractivity contribution in [3.8, 4) is 5.75 Å². The lowest BCUT2D eigenvalue weighted by atomic mass is 9.91. The van der Waals surface area contributed by atoms with Crippen molar-refractivity contribution in [2.24, 2.45) is 0 Å². The average Bonchev–Trinajstić information content (AvgIpc) is 2.91. The van der Waals surface area contributed by atoms with E-state index in [1.54, 1.807) is 0 Å². The van der Waals surface area contributed by atoms with Crippen LogP contribution >= 0.6 is 0 Å². The third kappa shape index (κ3) is 7.56. The molecule has 0 aromatic heterocycles. The summed E-state index contributed by atoms with van der Waals surface area (Å²) < 4.78 is 5.89. The van der Waals surface area contributed by atoms with E-state index in [1.807, 2.05) is 24.3 Å². The van der Waals surface area contributed by atoms with Crippen LogP contribution in [0.25, 0.3) is 0 Å². The molecular formula is C31H31NO3. The number of aryl methyl sites for hydroxylation is 1. The molecule has 4 aromatic rings. The fraction of sp³-hybridized carbons (Fsp3) is 0.194. The highest BCUT2D eigenvalue weighted by atomic mass is 16.5. The Hall–Kier alpha value is -3.89. The summed E-state index contributed by atoms with van der Waals surface area (Å²) >= 11 is 0. The molecule has 0 heterocycles. The number of ether oxygens (including phenoxy) is 1. The van der Waals surface area contributed by atoms with Gasteiger partial charge < -0.3 is 15.2 Å². The number of carboxylic acids is 1. The number of carbonyl (C=O) groups is 1. The molecule has 0 atom stereocenters. The molecule has 4 rings (SSSR count). The van der Waals surface area contributed by atoms with Crippen LogP contribution in [0.1, 0.15) is 40.2 Å². The molecule has 2 N–H and O–H groups in total. The van der Waals surface area contributed by atoms with Crippen molar-refractivity contribution in [1.82, 2.24) is 5.32 Å². The van der Waals surface area contributed by atoms with Gasteiger partial charge in [-0.2, -0.15) is 0 Å². The number of rotatable bonds is 12. The van der Waals surface area contributed by atoms with Crippen molar-refractivity contribution in [2.45, 2.75) is 31.9 Å². The summed E-state index contributed by atoms with van der Waals surface area (Å²) in [6, 6.07) is 37.4. The van der Waals surface area contributed by atoms with E-state index >= 15 is 0 Å². The average molecular weight is 466 g/mol. The van der Waals surface area contributed by atoms with Gasteiger partial charge in [-0.25, -0.2) is 0 Å². The van der Waals surface area contributed by atoms with Crippen LogP contribution in [0.2, 0.25) is 0 Å². The van der Waals surface area contributed by atoms with Crippen molar-refractivity contribution in [3.05, 3.63) is 137 Å². The molecule has 4 heteroatoms. The Bertz CT molecular complexity index is 1130. The first-order valence-electron chi connectivity index (χ1n) is 12.0. The SMILES string of the molecule is O=C(O)CCc1ccc(OCc2ccc(CNCC(c3ccccc3)c3ccccc3)cc2)cc1. The Morgan fingerprint density at radius 3 is 1.83 bits per heavy atom. The molecule has 0 aliphatic carbocycles. The molecule has 4 nitrogen and oxygen atoms in total. The smallest absolute Gasteiger partial charge is 0.303 e. The van der Waals surface area contributed by atoms with Crippen LogP contribution < -0.4 is 10.1 Å². The molecule has 0 radical (unpaired) electrons. The second-order valence-electron chi connectivity index (χ2n) is 8.65. The van der Waals surface area contributed by atoms with Gasteiger partial charge in [-0.3, -0.25) is 4.79 Å². The predicted octanol–water partition coefficient (Wildman–Crippen LogP) is 6.20. The topological polar surface area (TPSA) is 58.6 Å². The van der Waals surface area contributed by atoms with Gasteiger partial charge in [0.25, 0.3) is 0 Å². The van der Waals surface area contributed by atoms with Gasteiger partial charge in [0, 0.05) is 25.4 Å². The van der Waals surface area contributed by atoms with E-state index in [1.165, 1.54) is 16.7 Å². The molecule has 0 saturated heterocycles. The normalized spacial score (nSPS) is 10.9. The Labute approximate surface area is 207 Å². The first-order valence-corrected chi connectivity index (χ1v) is 12.0. The fourth-order valence-corrected chi connectivity index (χ4v) is 4.08. The molecule has 0 fully saturated rings. The Kier molecular flexibility index (Phi) is 8.68. The molecule has 0 bridgehead atoms. The maximum absolute atomic E-state index is 10.7. The maximum Gasteiger partial charge on any atom is 0.303 e. The van der Waals surface area contributed by atoms with Gasteiger partial charge in [-0.05, 0) is 46.4 Å². The van der Waals surface area contributed by atoms with Crippen molar-refractivity contribution in [2.75, 3.05) is 6.54 Å². The first kappa shape index (κ1) is 24.2.